The first-order valence-corrected chi connectivity index (χ1v) is 10.9. The zero-order valence-corrected chi connectivity index (χ0v) is 15.8. The Bertz CT molecular complexity index is 1010. The van der Waals surface area contributed by atoms with Crippen LogP contribution in [0.3, 0.4) is 0 Å². The van der Waals surface area contributed by atoms with E-state index in [1.54, 1.807) is 0 Å². The topological polar surface area (TPSA) is 91.0 Å². The third-order valence-corrected chi connectivity index (χ3v) is 7.00. The SMILES string of the molecule is CS(=O)(=O)N1CCN([C@H](c2ccccc2)c2sc3ncnn3c2O)CC1. The minimum Gasteiger partial charge on any atom is -0.492 e. The summed E-state index contributed by atoms with van der Waals surface area (Å²) in [5.74, 6) is 0.0851. The molecule has 26 heavy (non-hydrogen) atoms. The van der Waals surface area contributed by atoms with Crippen molar-refractivity contribution in [2.45, 2.75) is 6.04 Å². The first-order valence-electron chi connectivity index (χ1n) is 8.20. The van der Waals surface area contributed by atoms with Gasteiger partial charge in [0.2, 0.25) is 20.9 Å². The van der Waals surface area contributed by atoms with Crippen LogP contribution in [0.15, 0.2) is 36.7 Å². The predicted molar refractivity (Wildman–Crippen MR) is 98.8 cm³/mol. The van der Waals surface area contributed by atoms with Gasteiger partial charge in [-0.15, -0.1) is 0 Å². The lowest BCUT2D eigenvalue weighted by molar-refractivity contribution is 0.156. The lowest BCUT2D eigenvalue weighted by Gasteiger charge is -2.38. The second-order valence-electron chi connectivity index (χ2n) is 6.26. The molecular weight excluding hydrogens is 374 g/mol. The summed E-state index contributed by atoms with van der Waals surface area (Å²) >= 11 is 1.40. The van der Waals surface area contributed by atoms with Crippen LogP contribution in [-0.2, 0) is 10.0 Å². The molecule has 3 heterocycles. The highest BCUT2D eigenvalue weighted by molar-refractivity contribution is 7.88. The average molecular weight is 393 g/mol. The van der Waals surface area contributed by atoms with Crippen molar-refractivity contribution in [3.63, 3.8) is 0 Å². The Labute approximate surface area is 155 Å². The van der Waals surface area contributed by atoms with Gasteiger partial charge in [0.1, 0.15) is 6.33 Å². The molecular formula is C16H19N5O3S2. The molecule has 0 radical (unpaired) electrons. The van der Waals surface area contributed by atoms with E-state index in [9.17, 15) is 13.5 Å². The number of rotatable bonds is 4. The molecule has 1 aromatic carbocycles. The molecule has 138 valence electrons. The van der Waals surface area contributed by atoms with Crippen LogP contribution in [0.2, 0.25) is 0 Å². The van der Waals surface area contributed by atoms with E-state index in [0.717, 1.165) is 10.4 Å². The monoisotopic (exact) mass is 393 g/mol. The normalized spacial score (nSPS) is 18.3. The van der Waals surface area contributed by atoms with E-state index in [1.165, 1.54) is 32.7 Å². The Kier molecular flexibility index (Phi) is 4.43. The van der Waals surface area contributed by atoms with Crippen molar-refractivity contribution < 1.29 is 13.5 Å². The van der Waals surface area contributed by atoms with Gasteiger partial charge >= 0.3 is 0 Å². The van der Waals surface area contributed by atoms with Crippen LogP contribution in [0, 0.1) is 0 Å². The highest BCUT2D eigenvalue weighted by Crippen LogP contribution is 2.39. The number of fused-ring (bicyclic) bond motifs is 1. The number of benzene rings is 1. The summed E-state index contributed by atoms with van der Waals surface area (Å²) < 4.78 is 26.5. The van der Waals surface area contributed by atoms with Gasteiger partial charge in [-0.1, -0.05) is 41.7 Å². The number of aromatic hydroxyl groups is 1. The first kappa shape index (κ1) is 17.4. The third kappa shape index (κ3) is 3.09. The Morgan fingerprint density at radius 1 is 1.15 bits per heavy atom. The van der Waals surface area contributed by atoms with E-state index in [-0.39, 0.29) is 11.9 Å². The fourth-order valence-corrected chi connectivity index (χ4v) is 5.25. The van der Waals surface area contributed by atoms with E-state index in [2.05, 4.69) is 15.0 Å². The highest BCUT2D eigenvalue weighted by Gasteiger charge is 2.33. The van der Waals surface area contributed by atoms with E-state index < -0.39 is 10.0 Å². The lowest BCUT2D eigenvalue weighted by atomic mass is 10.0. The number of aromatic nitrogens is 3. The Hall–Kier alpha value is -2.01. The molecule has 3 aromatic rings. The largest absolute Gasteiger partial charge is 0.492 e. The number of piperazine rings is 1. The Morgan fingerprint density at radius 2 is 1.85 bits per heavy atom. The molecule has 8 nitrogen and oxygen atoms in total. The molecule has 1 aliphatic rings. The van der Waals surface area contributed by atoms with Crippen LogP contribution in [0.1, 0.15) is 16.5 Å². The molecule has 0 amide bonds. The molecule has 0 spiro atoms. The van der Waals surface area contributed by atoms with Crippen molar-refractivity contribution in [3.05, 3.63) is 47.1 Å². The number of hydrogen-bond acceptors (Lipinski definition) is 7. The summed E-state index contributed by atoms with van der Waals surface area (Å²) in [6.07, 6.45) is 2.65. The molecule has 0 bridgehead atoms. The second kappa shape index (κ2) is 6.62. The summed E-state index contributed by atoms with van der Waals surface area (Å²) in [6.45, 7) is 2.03. The molecule has 1 atom stereocenters. The fourth-order valence-electron chi connectivity index (χ4n) is 3.33. The van der Waals surface area contributed by atoms with Crippen molar-refractivity contribution in [2.24, 2.45) is 0 Å². The standard InChI is InChI=1S/C16H19N5O3S2/c1-26(23,24)20-9-7-19(8-10-20)13(12-5-3-2-4-6-12)14-15(22)21-16(25-14)17-11-18-21/h2-6,11,13,22H,7-10H2,1H3/t13-/m1/s1. The van der Waals surface area contributed by atoms with Crippen LogP contribution in [0.4, 0.5) is 0 Å². The molecule has 0 unspecified atom stereocenters. The fraction of sp³-hybridized carbons (Fsp3) is 0.375. The maximum Gasteiger partial charge on any atom is 0.230 e. The molecule has 1 aliphatic heterocycles. The van der Waals surface area contributed by atoms with E-state index in [0.29, 0.717) is 31.1 Å². The molecule has 1 N–H and O–H groups in total. The highest BCUT2D eigenvalue weighted by atomic mass is 32.2. The first-order chi connectivity index (χ1) is 12.4. The number of thiazole rings is 1. The van der Waals surface area contributed by atoms with Gasteiger partial charge in [0, 0.05) is 26.2 Å². The minimum atomic E-state index is -3.19. The van der Waals surface area contributed by atoms with Crippen LogP contribution < -0.4 is 0 Å². The summed E-state index contributed by atoms with van der Waals surface area (Å²) in [4.78, 5) is 7.76. The van der Waals surface area contributed by atoms with Gasteiger partial charge in [-0.3, -0.25) is 4.90 Å². The summed E-state index contributed by atoms with van der Waals surface area (Å²) in [7, 11) is -3.19. The van der Waals surface area contributed by atoms with E-state index >= 15 is 0 Å². The summed E-state index contributed by atoms with van der Waals surface area (Å²) in [5.41, 5.74) is 1.04. The Morgan fingerprint density at radius 3 is 2.46 bits per heavy atom. The van der Waals surface area contributed by atoms with Crippen molar-refractivity contribution in [2.75, 3.05) is 32.4 Å². The zero-order chi connectivity index (χ0) is 18.3. The molecule has 0 saturated carbocycles. The van der Waals surface area contributed by atoms with Crippen molar-refractivity contribution >= 4 is 26.3 Å². The van der Waals surface area contributed by atoms with Gasteiger partial charge in [-0.25, -0.2) is 13.4 Å². The third-order valence-electron chi connectivity index (χ3n) is 4.61. The molecule has 1 saturated heterocycles. The van der Waals surface area contributed by atoms with Gasteiger partial charge < -0.3 is 5.11 Å². The molecule has 0 aliphatic carbocycles. The van der Waals surface area contributed by atoms with Crippen LogP contribution >= 0.6 is 11.3 Å². The van der Waals surface area contributed by atoms with Gasteiger partial charge in [0.05, 0.1) is 17.2 Å². The van der Waals surface area contributed by atoms with Gasteiger partial charge in [0.25, 0.3) is 0 Å². The average Bonchev–Trinajstić information content (AvgIpc) is 3.20. The number of sulfonamides is 1. The van der Waals surface area contributed by atoms with Crippen molar-refractivity contribution in [1.82, 2.24) is 23.8 Å². The summed E-state index contributed by atoms with van der Waals surface area (Å²) in [5, 5.41) is 14.7. The van der Waals surface area contributed by atoms with Crippen LogP contribution in [-0.4, -0.2) is 69.8 Å². The predicted octanol–water partition coefficient (Wildman–Crippen LogP) is 1.16. The smallest absolute Gasteiger partial charge is 0.230 e. The summed E-state index contributed by atoms with van der Waals surface area (Å²) in [6, 6.07) is 9.73. The van der Waals surface area contributed by atoms with E-state index in [4.69, 9.17) is 0 Å². The maximum atomic E-state index is 11.8. The molecule has 1 fully saturated rings. The minimum absolute atomic E-state index is 0.0851. The van der Waals surface area contributed by atoms with Crippen LogP contribution in [0.25, 0.3) is 4.96 Å². The van der Waals surface area contributed by atoms with Gasteiger partial charge in [-0.2, -0.15) is 13.9 Å². The van der Waals surface area contributed by atoms with Gasteiger partial charge in [0.15, 0.2) is 0 Å². The van der Waals surface area contributed by atoms with Gasteiger partial charge in [-0.05, 0) is 5.56 Å². The number of hydrogen-bond donors (Lipinski definition) is 1. The van der Waals surface area contributed by atoms with Crippen molar-refractivity contribution in [3.8, 4) is 5.88 Å². The molecule has 10 heteroatoms. The quantitative estimate of drug-likeness (QED) is 0.715. The second-order valence-corrected chi connectivity index (χ2v) is 9.25. The maximum absolute atomic E-state index is 11.8. The van der Waals surface area contributed by atoms with Crippen LogP contribution in [0.5, 0.6) is 5.88 Å². The van der Waals surface area contributed by atoms with E-state index in [1.807, 2.05) is 30.3 Å². The number of nitrogens with zero attached hydrogens (tertiary/aromatic N) is 5. The zero-order valence-electron chi connectivity index (χ0n) is 14.2. The lowest BCUT2D eigenvalue weighted by Crippen LogP contribution is -2.49. The molecule has 4 rings (SSSR count). The van der Waals surface area contributed by atoms with Crippen molar-refractivity contribution in [1.29, 1.82) is 0 Å². The Balaban J connectivity index is 1.71. The molecule has 2 aromatic heterocycles.